The molecule has 0 spiro atoms. The van der Waals surface area contributed by atoms with Crippen molar-refractivity contribution in [1.29, 1.82) is 0 Å². The van der Waals surface area contributed by atoms with E-state index >= 15 is 0 Å². The van der Waals surface area contributed by atoms with Gasteiger partial charge in [0, 0.05) is 12.1 Å². The van der Waals surface area contributed by atoms with Crippen LogP contribution in [0, 0.1) is 17.0 Å². The van der Waals surface area contributed by atoms with Crippen molar-refractivity contribution in [1.82, 2.24) is 9.55 Å². The van der Waals surface area contributed by atoms with Crippen molar-refractivity contribution in [3.63, 3.8) is 0 Å². The fraction of sp³-hybridized carbons (Fsp3) is 0.278. The third kappa shape index (κ3) is 3.22. The molecule has 124 valence electrons. The number of hydrogen-bond acceptors (Lipinski definition) is 4. The second-order valence-electron chi connectivity index (χ2n) is 6.35. The van der Waals surface area contributed by atoms with Gasteiger partial charge in [-0.2, -0.15) is 0 Å². The van der Waals surface area contributed by atoms with E-state index in [0.717, 1.165) is 16.9 Å². The Bertz CT molecular complexity index is 882. The third-order valence-electron chi connectivity index (χ3n) is 3.83. The van der Waals surface area contributed by atoms with Crippen molar-refractivity contribution < 1.29 is 9.66 Å². The van der Waals surface area contributed by atoms with Gasteiger partial charge in [-0.25, -0.2) is 4.98 Å². The van der Waals surface area contributed by atoms with Crippen molar-refractivity contribution in [3.05, 3.63) is 64.5 Å². The Labute approximate surface area is 139 Å². The van der Waals surface area contributed by atoms with Gasteiger partial charge in [0.15, 0.2) is 0 Å². The van der Waals surface area contributed by atoms with Gasteiger partial charge < -0.3 is 9.30 Å². The molecule has 24 heavy (non-hydrogen) atoms. The van der Waals surface area contributed by atoms with Crippen molar-refractivity contribution >= 4 is 16.7 Å². The van der Waals surface area contributed by atoms with E-state index in [9.17, 15) is 10.1 Å². The van der Waals surface area contributed by atoms with Crippen molar-refractivity contribution in [3.8, 4) is 5.75 Å². The Morgan fingerprint density at radius 2 is 1.83 bits per heavy atom. The van der Waals surface area contributed by atoms with E-state index in [0.29, 0.717) is 12.3 Å². The fourth-order valence-corrected chi connectivity index (χ4v) is 2.76. The summed E-state index contributed by atoms with van der Waals surface area (Å²) < 4.78 is 8.17. The van der Waals surface area contributed by atoms with Gasteiger partial charge in [0.25, 0.3) is 5.69 Å². The van der Waals surface area contributed by atoms with E-state index in [1.54, 1.807) is 12.1 Å². The van der Waals surface area contributed by atoms with Gasteiger partial charge in [0.2, 0.25) is 0 Å². The first-order chi connectivity index (χ1) is 11.4. The monoisotopic (exact) mass is 325 g/mol. The number of aryl methyl sites for hydroxylation is 1. The lowest BCUT2D eigenvalue weighted by atomic mass is 10.1. The van der Waals surface area contributed by atoms with Crippen molar-refractivity contribution in [2.45, 2.75) is 32.9 Å². The molecule has 0 aliphatic rings. The normalized spacial score (nSPS) is 11.6. The molecule has 0 aliphatic carbocycles. The van der Waals surface area contributed by atoms with Crippen LogP contribution in [0.2, 0.25) is 0 Å². The number of ether oxygens (including phenoxy) is 1. The number of imidazole rings is 1. The summed E-state index contributed by atoms with van der Waals surface area (Å²) in [4.78, 5) is 14.9. The van der Waals surface area contributed by atoms with E-state index < -0.39 is 10.5 Å². The summed E-state index contributed by atoms with van der Waals surface area (Å²) >= 11 is 0. The second kappa shape index (κ2) is 5.96. The van der Waals surface area contributed by atoms with Crippen molar-refractivity contribution in [2.24, 2.45) is 0 Å². The minimum Gasteiger partial charge on any atom is -0.486 e. The number of fused-ring (bicyclic) bond motifs is 1. The van der Waals surface area contributed by atoms with Crippen LogP contribution in [0.25, 0.3) is 11.0 Å². The lowest BCUT2D eigenvalue weighted by Crippen LogP contribution is -2.34. The second-order valence-corrected chi connectivity index (χ2v) is 6.35. The summed E-state index contributed by atoms with van der Waals surface area (Å²) in [6, 6.07) is 14.1. The zero-order chi connectivity index (χ0) is 17.3. The van der Waals surface area contributed by atoms with Gasteiger partial charge in [-0.15, -0.1) is 0 Å². The molecule has 0 saturated heterocycles. The molecule has 0 saturated carbocycles. The van der Waals surface area contributed by atoms with Gasteiger partial charge in [-0.1, -0.05) is 12.1 Å². The van der Waals surface area contributed by atoms with Crippen LogP contribution in [-0.4, -0.2) is 20.1 Å². The summed E-state index contributed by atoms with van der Waals surface area (Å²) in [5, 5.41) is 10.7. The summed E-state index contributed by atoms with van der Waals surface area (Å²) in [5.74, 6) is 1.53. The number of aromatic nitrogens is 2. The smallest absolute Gasteiger partial charge is 0.269 e. The number of nitro benzene ring substituents is 1. The van der Waals surface area contributed by atoms with Crippen LogP contribution < -0.4 is 4.74 Å². The molecule has 2 aromatic carbocycles. The molecule has 0 radical (unpaired) electrons. The number of non-ortho nitro benzene ring substituents is 1. The molecular formula is C18H19N3O3. The van der Waals surface area contributed by atoms with Crippen LogP contribution in [0.5, 0.6) is 5.75 Å². The maximum Gasteiger partial charge on any atom is 0.269 e. The highest BCUT2D eigenvalue weighted by molar-refractivity contribution is 5.75. The summed E-state index contributed by atoms with van der Waals surface area (Å²) in [6.45, 7) is 6.57. The summed E-state index contributed by atoms with van der Waals surface area (Å²) in [5.41, 5.74) is 1.58. The lowest BCUT2D eigenvalue weighted by Gasteiger charge is -2.27. The summed E-state index contributed by atoms with van der Waals surface area (Å²) in [7, 11) is 0. The van der Waals surface area contributed by atoms with Crippen LogP contribution in [-0.2, 0) is 6.54 Å². The molecule has 0 amide bonds. The minimum absolute atomic E-state index is 0.0524. The molecule has 0 fully saturated rings. The van der Waals surface area contributed by atoms with Gasteiger partial charge in [-0.05, 0) is 45.0 Å². The molecule has 0 unspecified atom stereocenters. The first kappa shape index (κ1) is 16.0. The molecule has 6 nitrogen and oxygen atoms in total. The Hall–Kier alpha value is -2.89. The molecule has 0 bridgehead atoms. The minimum atomic E-state index is -0.496. The SMILES string of the molecule is Cc1nc2ccccc2n1CC(C)(C)Oc1ccc([N+](=O)[O-])cc1. The van der Waals surface area contributed by atoms with E-state index in [-0.39, 0.29) is 5.69 Å². The van der Waals surface area contributed by atoms with Gasteiger partial charge in [0.05, 0.1) is 22.5 Å². The number of benzene rings is 2. The van der Waals surface area contributed by atoms with Crippen LogP contribution in [0.4, 0.5) is 5.69 Å². The molecule has 0 atom stereocenters. The van der Waals surface area contributed by atoms with E-state index in [1.807, 2.05) is 45.0 Å². The average Bonchev–Trinajstić information content (AvgIpc) is 2.83. The molecule has 6 heteroatoms. The number of hydrogen-bond donors (Lipinski definition) is 0. The molecule has 1 heterocycles. The quantitative estimate of drug-likeness (QED) is 0.523. The zero-order valence-electron chi connectivity index (χ0n) is 13.9. The van der Waals surface area contributed by atoms with Gasteiger partial charge >= 0.3 is 0 Å². The van der Waals surface area contributed by atoms with Crippen LogP contribution >= 0.6 is 0 Å². The maximum absolute atomic E-state index is 10.7. The Morgan fingerprint density at radius 3 is 2.50 bits per heavy atom. The maximum atomic E-state index is 10.7. The van der Waals surface area contributed by atoms with E-state index in [4.69, 9.17) is 4.74 Å². The Kier molecular flexibility index (Phi) is 3.97. The Balaban J connectivity index is 1.82. The lowest BCUT2D eigenvalue weighted by molar-refractivity contribution is -0.384. The van der Waals surface area contributed by atoms with Crippen LogP contribution in [0.15, 0.2) is 48.5 Å². The fourth-order valence-electron chi connectivity index (χ4n) is 2.76. The molecule has 3 rings (SSSR count). The number of para-hydroxylation sites is 2. The highest BCUT2D eigenvalue weighted by Gasteiger charge is 2.23. The molecule has 0 aliphatic heterocycles. The van der Waals surface area contributed by atoms with Gasteiger partial charge in [0.1, 0.15) is 17.2 Å². The van der Waals surface area contributed by atoms with E-state index in [2.05, 4.69) is 9.55 Å². The molecule has 3 aromatic rings. The predicted octanol–water partition coefficient (Wildman–Crippen LogP) is 4.11. The number of nitrogens with zero attached hydrogens (tertiary/aromatic N) is 3. The van der Waals surface area contributed by atoms with Crippen LogP contribution in [0.3, 0.4) is 0 Å². The average molecular weight is 325 g/mol. The highest BCUT2D eigenvalue weighted by Crippen LogP contribution is 2.25. The zero-order valence-corrected chi connectivity index (χ0v) is 13.9. The Morgan fingerprint density at radius 1 is 1.17 bits per heavy atom. The first-order valence-electron chi connectivity index (χ1n) is 7.71. The predicted molar refractivity (Wildman–Crippen MR) is 92.3 cm³/mol. The number of nitro groups is 1. The highest BCUT2D eigenvalue weighted by atomic mass is 16.6. The standard InChI is InChI=1S/C18H19N3O3/c1-13-19-16-6-4-5-7-17(16)20(13)12-18(2,3)24-15-10-8-14(9-11-15)21(22)23/h4-11H,12H2,1-3H3. The summed E-state index contributed by atoms with van der Waals surface area (Å²) in [6.07, 6.45) is 0. The molecule has 1 aromatic heterocycles. The number of rotatable bonds is 5. The van der Waals surface area contributed by atoms with Crippen molar-refractivity contribution in [2.75, 3.05) is 0 Å². The third-order valence-corrected chi connectivity index (χ3v) is 3.83. The van der Waals surface area contributed by atoms with E-state index in [1.165, 1.54) is 12.1 Å². The van der Waals surface area contributed by atoms with Gasteiger partial charge in [-0.3, -0.25) is 10.1 Å². The largest absolute Gasteiger partial charge is 0.486 e. The molecule has 0 N–H and O–H groups in total. The topological polar surface area (TPSA) is 70.2 Å². The van der Waals surface area contributed by atoms with Crippen LogP contribution in [0.1, 0.15) is 19.7 Å². The molecular weight excluding hydrogens is 306 g/mol. The first-order valence-corrected chi connectivity index (χ1v) is 7.71.